The summed E-state index contributed by atoms with van der Waals surface area (Å²) >= 11 is 0. The number of benzene rings is 1. The molecule has 0 heterocycles. The number of halogens is 4. The average molecular weight is 436 g/mol. The second-order valence-electron chi connectivity index (χ2n) is 1.49. The minimum atomic E-state index is -0.0764. The van der Waals surface area contributed by atoms with E-state index in [1.807, 2.05) is 0 Å². The van der Waals surface area contributed by atoms with E-state index in [-0.39, 0.29) is 82.2 Å². The van der Waals surface area contributed by atoms with Crippen molar-refractivity contribution in [2.75, 3.05) is 0 Å². The maximum atomic E-state index is 8.67. The van der Waals surface area contributed by atoms with Crippen LogP contribution in [0.2, 0.25) is 0 Å². The first-order valence-electron chi connectivity index (χ1n) is 2.27. The van der Waals surface area contributed by atoms with E-state index in [2.05, 4.69) is 0 Å². The molecular weight excluding hydrogens is 430 g/mol. The number of phenols is 2. The maximum Gasteiger partial charge on any atom is 0.157 e. The maximum absolute atomic E-state index is 8.67. The summed E-state index contributed by atoms with van der Waals surface area (Å²) in [5, 5.41) is 17.3. The molecule has 0 atom stereocenters. The summed E-state index contributed by atoms with van der Waals surface area (Å²) < 4.78 is 0. The van der Waals surface area contributed by atoms with E-state index in [4.69, 9.17) is 10.2 Å². The molecule has 0 aliphatic heterocycles. The predicted molar refractivity (Wildman–Crippen MR) is 29.8 cm³/mol. The number of para-hydroxylation sites is 2. The van der Waals surface area contributed by atoms with Crippen molar-refractivity contribution in [3.63, 3.8) is 0 Å². The van der Waals surface area contributed by atoms with Crippen molar-refractivity contribution in [1.29, 1.82) is 0 Å². The van der Waals surface area contributed by atoms with Crippen LogP contribution >= 0.6 is 0 Å². The van der Waals surface area contributed by atoms with Crippen molar-refractivity contribution in [3.05, 3.63) is 24.3 Å². The predicted octanol–water partition coefficient (Wildman–Crippen LogP) is -10.9. The Balaban J connectivity index is -0.0000000427. The smallest absolute Gasteiger partial charge is 0.157 e. The Morgan fingerprint density at radius 2 is 0.923 bits per heavy atom. The molecule has 0 saturated heterocycles. The molecule has 0 spiro atoms. The number of hydrogen-bond acceptors (Lipinski definition) is 2. The molecule has 0 amide bonds. The van der Waals surface area contributed by atoms with Crippen LogP contribution in [0.25, 0.3) is 0 Å². The van der Waals surface area contributed by atoms with Gasteiger partial charge in [-0.05, 0) is 12.1 Å². The van der Waals surface area contributed by atoms with E-state index < -0.39 is 0 Å². The van der Waals surface area contributed by atoms with Gasteiger partial charge >= 0.3 is 0 Å². The molecule has 7 heteroatoms. The average Bonchev–Trinajstić information content (AvgIpc) is 1.77. The summed E-state index contributed by atoms with van der Waals surface area (Å²) in [5.41, 5.74) is 0. The molecule has 2 N–H and O–H groups in total. The zero-order valence-corrected chi connectivity index (χ0v) is 12.1. The second-order valence-corrected chi connectivity index (χ2v) is 1.49. The Hall–Kier alpha value is 0.668. The fraction of sp³-hybridized carbons (Fsp3) is 0. The number of rotatable bonds is 0. The van der Waals surface area contributed by atoms with Gasteiger partial charge in [-0.1, -0.05) is 12.1 Å². The van der Waals surface area contributed by atoms with Gasteiger partial charge in [-0.2, -0.15) is 0 Å². The van der Waals surface area contributed by atoms with Gasteiger partial charge in [-0.25, -0.2) is 0 Å². The van der Waals surface area contributed by atoms with Crippen LogP contribution in [0, 0.1) is 0 Å². The van der Waals surface area contributed by atoms with Crippen molar-refractivity contribution in [2.24, 2.45) is 0 Å². The first-order valence-corrected chi connectivity index (χ1v) is 2.27. The van der Waals surface area contributed by atoms with E-state index in [1.54, 1.807) is 12.1 Å². The third-order valence-electron chi connectivity index (χ3n) is 0.882. The molecule has 80 valence electrons. The third kappa shape index (κ3) is 10.6. The standard InChI is InChI=1S/C6H6O2.4ClH.W/c7-5-3-1-2-4-6(5)8;;;;;/h1-4,7-8H;4*1H;/p-4. The van der Waals surface area contributed by atoms with Gasteiger partial charge in [0.25, 0.3) is 0 Å². The Labute approximate surface area is 116 Å². The fourth-order valence-electron chi connectivity index (χ4n) is 0.464. The van der Waals surface area contributed by atoms with Crippen LogP contribution in [-0.4, -0.2) is 10.2 Å². The molecule has 1 rings (SSSR count). The number of aromatic hydroxyl groups is 2. The first-order chi connectivity index (χ1) is 3.80. The van der Waals surface area contributed by atoms with Gasteiger partial charge in [0.2, 0.25) is 0 Å². The summed E-state index contributed by atoms with van der Waals surface area (Å²) in [6.45, 7) is 0. The van der Waals surface area contributed by atoms with Gasteiger partial charge < -0.3 is 59.8 Å². The van der Waals surface area contributed by atoms with E-state index in [0.717, 1.165) is 0 Å². The molecule has 0 aliphatic rings. The summed E-state index contributed by atoms with van der Waals surface area (Å²) in [6.07, 6.45) is 0. The number of phenolic OH excluding ortho intramolecular Hbond substituents is 2. The molecule has 0 fully saturated rings. The molecule has 0 radical (unpaired) electrons. The van der Waals surface area contributed by atoms with Crippen LogP contribution in [0.4, 0.5) is 0 Å². The minimum Gasteiger partial charge on any atom is -1.00 e. The van der Waals surface area contributed by atoms with E-state index >= 15 is 0 Å². The van der Waals surface area contributed by atoms with Gasteiger partial charge in [0, 0.05) is 21.1 Å². The fourth-order valence-corrected chi connectivity index (χ4v) is 0.464. The van der Waals surface area contributed by atoms with Gasteiger partial charge in [-0.15, -0.1) is 0 Å². The van der Waals surface area contributed by atoms with Crippen molar-refractivity contribution in [1.82, 2.24) is 0 Å². The largest absolute Gasteiger partial charge is 1.00 e. The topological polar surface area (TPSA) is 40.5 Å². The molecule has 1 aromatic rings. The van der Waals surface area contributed by atoms with E-state index in [0.29, 0.717) is 0 Å². The monoisotopic (exact) mass is 434 g/mol. The quantitative estimate of drug-likeness (QED) is 0.398. The van der Waals surface area contributed by atoms with Crippen molar-refractivity contribution in [3.8, 4) is 11.5 Å². The van der Waals surface area contributed by atoms with E-state index in [1.165, 1.54) is 12.1 Å². The molecule has 2 nitrogen and oxygen atoms in total. The zero-order valence-electron chi connectivity index (χ0n) is 6.12. The molecule has 0 unspecified atom stereocenters. The van der Waals surface area contributed by atoms with E-state index in [9.17, 15) is 0 Å². The van der Waals surface area contributed by atoms with Gasteiger partial charge in [0.05, 0.1) is 0 Å². The van der Waals surface area contributed by atoms with Gasteiger partial charge in [0.1, 0.15) is 0 Å². The minimum absolute atomic E-state index is 0. The normalized spacial score (nSPS) is 5.54. The summed E-state index contributed by atoms with van der Waals surface area (Å²) in [7, 11) is 0. The van der Waals surface area contributed by atoms with Crippen molar-refractivity contribution < 1.29 is 80.9 Å². The molecule has 1 aromatic carbocycles. The molecule has 0 aliphatic carbocycles. The second kappa shape index (κ2) is 15.2. The van der Waals surface area contributed by atoms with Crippen LogP contribution in [0.1, 0.15) is 0 Å². The summed E-state index contributed by atoms with van der Waals surface area (Å²) in [6, 6.07) is 6.15. The van der Waals surface area contributed by atoms with Crippen LogP contribution in [0.3, 0.4) is 0 Å². The molecule has 0 aromatic heterocycles. The van der Waals surface area contributed by atoms with Crippen LogP contribution in [0.5, 0.6) is 11.5 Å². The number of hydrogen-bond donors (Lipinski definition) is 2. The molecule has 0 saturated carbocycles. The van der Waals surface area contributed by atoms with Crippen molar-refractivity contribution >= 4 is 0 Å². The Kier molecular flexibility index (Phi) is 34.0. The Morgan fingerprint density at radius 1 is 0.692 bits per heavy atom. The molecular formula is C6H6Cl4O2W-4. The molecule has 13 heavy (non-hydrogen) atoms. The van der Waals surface area contributed by atoms with Crippen LogP contribution < -0.4 is 49.6 Å². The van der Waals surface area contributed by atoms with Gasteiger partial charge in [0.15, 0.2) is 11.5 Å². The van der Waals surface area contributed by atoms with Gasteiger partial charge in [-0.3, -0.25) is 0 Å². The van der Waals surface area contributed by atoms with Crippen molar-refractivity contribution in [2.45, 2.75) is 0 Å². The zero-order chi connectivity index (χ0) is 5.98. The Bertz CT molecular complexity index is 179. The van der Waals surface area contributed by atoms with Crippen LogP contribution in [-0.2, 0) is 21.1 Å². The van der Waals surface area contributed by atoms with Crippen LogP contribution in [0.15, 0.2) is 24.3 Å². The summed E-state index contributed by atoms with van der Waals surface area (Å²) in [5.74, 6) is -0.153. The SMILES string of the molecule is Oc1ccccc1O.[Cl-].[Cl-].[Cl-].[Cl-].[W]. The third-order valence-corrected chi connectivity index (χ3v) is 0.882. The Morgan fingerprint density at radius 3 is 1.08 bits per heavy atom. The first kappa shape index (κ1) is 29.2. The molecule has 0 bridgehead atoms. The summed E-state index contributed by atoms with van der Waals surface area (Å²) in [4.78, 5) is 0.